The van der Waals surface area contributed by atoms with Crippen LogP contribution in [0.3, 0.4) is 0 Å². The Morgan fingerprint density at radius 2 is 2.10 bits per heavy atom. The molecule has 104 valence electrons. The highest BCUT2D eigenvalue weighted by molar-refractivity contribution is 5.82. The number of fused-ring (bicyclic) bond motifs is 1. The highest BCUT2D eigenvalue weighted by atomic mass is 16.2. The van der Waals surface area contributed by atoms with Crippen LogP contribution in [0.15, 0.2) is 42.7 Å². The van der Waals surface area contributed by atoms with Crippen molar-refractivity contribution < 1.29 is 4.79 Å². The summed E-state index contributed by atoms with van der Waals surface area (Å²) in [5.41, 5.74) is 7.15. The molecule has 0 bridgehead atoms. The molecule has 0 fully saturated rings. The van der Waals surface area contributed by atoms with Crippen LogP contribution in [0, 0.1) is 0 Å². The minimum atomic E-state index is -0.487. The van der Waals surface area contributed by atoms with Gasteiger partial charge in [0.15, 0.2) is 0 Å². The van der Waals surface area contributed by atoms with E-state index < -0.39 is 6.04 Å². The van der Waals surface area contributed by atoms with Gasteiger partial charge in [0, 0.05) is 25.5 Å². The van der Waals surface area contributed by atoms with Crippen LogP contribution < -0.4 is 5.73 Å². The Balaban J connectivity index is 1.64. The molecular formula is C15H18N4O. The maximum atomic E-state index is 12.4. The molecule has 5 heteroatoms. The number of hydrogen-bond acceptors (Lipinski definition) is 3. The largest absolute Gasteiger partial charge is 0.332 e. The average molecular weight is 270 g/mol. The predicted molar refractivity (Wildman–Crippen MR) is 75.8 cm³/mol. The van der Waals surface area contributed by atoms with Gasteiger partial charge in [-0.2, -0.15) is 0 Å². The maximum Gasteiger partial charge on any atom is 0.240 e. The number of hydrogen-bond donors (Lipinski definition) is 1. The molecule has 1 aliphatic rings. The minimum absolute atomic E-state index is 0.00287. The van der Waals surface area contributed by atoms with E-state index in [-0.39, 0.29) is 5.91 Å². The first-order chi connectivity index (χ1) is 9.74. The van der Waals surface area contributed by atoms with Gasteiger partial charge in [-0.15, -0.1) is 0 Å². The smallest absolute Gasteiger partial charge is 0.240 e. The normalized spacial score (nSPS) is 15.8. The van der Waals surface area contributed by atoms with Gasteiger partial charge in [-0.1, -0.05) is 30.3 Å². The summed E-state index contributed by atoms with van der Waals surface area (Å²) in [7, 11) is 0. The van der Waals surface area contributed by atoms with Gasteiger partial charge < -0.3 is 15.2 Å². The zero-order valence-corrected chi connectivity index (χ0v) is 11.3. The lowest BCUT2D eigenvalue weighted by Crippen LogP contribution is -2.47. The van der Waals surface area contributed by atoms with Gasteiger partial charge in [0.2, 0.25) is 5.91 Å². The maximum absolute atomic E-state index is 12.4. The third-order valence-electron chi connectivity index (χ3n) is 3.67. The van der Waals surface area contributed by atoms with Gasteiger partial charge in [0.05, 0.1) is 12.6 Å². The Morgan fingerprint density at radius 3 is 2.90 bits per heavy atom. The number of carbonyl (C=O) groups excluding carboxylic acids is 1. The number of nitrogens with zero attached hydrogens (tertiary/aromatic N) is 3. The summed E-state index contributed by atoms with van der Waals surface area (Å²) in [4.78, 5) is 18.5. The second-order valence-electron chi connectivity index (χ2n) is 5.09. The highest BCUT2D eigenvalue weighted by Gasteiger charge is 2.25. The first kappa shape index (κ1) is 12.9. The van der Waals surface area contributed by atoms with Crippen molar-refractivity contribution in [3.8, 4) is 0 Å². The van der Waals surface area contributed by atoms with Crippen molar-refractivity contribution in [2.75, 3.05) is 6.54 Å². The highest BCUT2D eigenvalue weighted by Crippen LogP contribution is 2.12. The van der Waals surface area contributed by atoms with Crippen molar-refractivity contribution in [1.29, 1.82) is 0 Å². The Labute approximate surface area is 118 Å². The molecule has 1 aromatic heterocycles. The lowest BCUT2D eigenvalue weighted by molar-refractivity contribution is -0.134. The average Bonchev–Trinajstić information content (AvgIpc) is 2.94. The van der Waals surface area contributed by atoms with E-state index in [2.05, 4.69) is 9.55 Å². The predicted octanol–water partition coefficient (Wildman–Crippen LogP) is 0.795. The third kappa shape index (κ3) is 2.58. The van der Waals surface area contributed by atoms with E-state index in [9.17, 15) is 4.79 Å². The number of amides is 1. The molecule has 0 saturated carbocycles. The van der Waals surface area contributed by atoms with E-state index in [4.69, 9.17) is 5.73 Å². The summed E-state index contributed by atoms with van der Waals surface area (Å²) in [6, 6.07) is 9.39. The van der Waals surface area contributed by atoms with E-state index in [1.165, 1.54) is 0 Å². The molecule has 1 atom stereocenters. The second-order valence-corrected chi connectivity index (χ2v) is 5.09. The molecule has 3 rings (SSSR count). The molecular weight excluding hydrogens is 252 g/mol. The summed E-state index contributed by atoms with van der Waals surface area (Å²) in [6.45, 7) is 2.04. The molecule has 0 spiro atoms. The van der Waals surface area contributed by atoms with Crippen LogP contribution in [0.5, 0.6) is 0 Å². The number of benzene rings is 1. The second kappa shape index (κ2) is 5.46. The van der Waals surface area contributed by atoms with Crippen LogP contribution in [0.25, 0.3) is 0 Å². The van der Waals surface area contributed by atoms with Crippen molar-refractivity contribution in [2.45, 2.75) is 25.6 Å². The number of imidazole rings is 1. The lowest BCUT2D eigenvalue weighted by Gasteiger charge is -2.29. The third-order valence-corrected chi connectivity index (χ3v) is 3.67. The van der Waals surface area contributed by atoms with Gasteiger partial charge in [0.25, 0.3) is 0 Å². The van der Waals surface area contributed by atoms with Crippen LogP contribution in [0.1, 0.15) is 11.4 Å². The Bertz CT molecular complexity index is 593. The standard InChI is InChI=1S/C15H18N4O/c16-13(10-12-4-2-1-3-5-12)15(20)19-9-8-18-7-6-17-14(18)11-19/h1-7,13H,8-11,16H2/t13-/m0/s1. The summed E-state index contributed by atoms with van der Waals surface area (Å²) < 4.78 is 2.08. The zero-order valence-electron chi connectivity index (χ0n) is 11.3. The molecule has 1 aromatic carbocycles. The minimum Gasteiger partial charge on any atom is -0.332 e. The number of nitrogens with two attached hydrogens (primary N) is 1. The van der Waals surface area contributed by atoms with Gasteiger partial charge in [-0.05, 0) is 12.0 Å². The molecule has 0 unspecified atom stereocenters. The molecule has 2 aromatic rings. The molecule has 1 amide bonds. The number of aromatic nitrogens is 2. The van der Waals surface area contributed by atoms with Crippen molar-refractivity contribution in [3.63, 3.8) is 0 Å². The van der Waals surface area contributed by atoms with Gasteiger partial charge in [-0.25, -0.2) is 4.98 Å². The van der Waals surface area contributed by atoms with Gasteiger partial charge in [0.1, 0.15) is 5.82 Å². The molecule has 2 heterocycles. The number of carbonyl (C=O) groups is 1. The summed E-state index contributed by atoms with van der Waals surface area (Å²) in [5.74, 6) is 0.930. The molecule has 0 saturated heterocycles. The van der Waals surface area contributed by atoms with Crippen molar-refractivity contribution >= 4 is 5.91 Å². The van der Waals surface area contributed by atoms with Crippen LogP contribution in [0.4, 0.5) is 0 Å². The summed E-state index contributed by atoms with van der Waals surface area (Å²) in [5, 5.41) is 0. The fourth-order valence-electron chi connectivity index (χ4n) is 2.55. The van der Waals surface area contributed by atoms with E-state index in [0.717, 1.165) is 17.9 Å². The van der Waals surface area contributed by atoms with Crippen LogP contribution in [0.2, 0.25) is 0 Å². The molecule has 0 radical (unpaired) electrons. The fraction of sp³-hybridized carbons (Fsp3) is 0.333. The Kier molecular flexibility index (Phi) is 3.52. The first-order valence-electron chi connectivity index (χ1n) is 6.82. The fourth-order valence-corrected chi connectivity index (χ4v) is 2.55. The zero-order chi connectivity index (χ0) is 13.9. The van der Waals surface area contributed by atoms with Crippen molar-refractivity contribution in [1.82, 2.24) is 14.5 Å². The lowest BCUT2D eigenvalue weighted by atomic mass is 10.1. The van der Waals surface area contributed by atoms with Crippen LogP contribution in [-0.4, -0.2) is 32.9 Å². The quantitative estimate of drug-likeness (QED) is 0.897. The number of rotatable bonds is 3. The van der Waals surface area contributed by atoms with Crippen molar-refractivity contribution in [3.05, 3.63) is 54.1 Å². The summed E-state index contributed by atoms with van der Waals surface area (Å²) >= 11 is 0. The molecule has 20 heavy (non-hydrogen) atoms. The molecule has 5 nitrogen and oxygen atoms in total. The van der Waals surface area contributed by atoms with E-state index in [1.807, 2.05) is 36.5 Å². The molecule has 2 N–H and O–H groups in total. The van der Waals surface area contributed by atoms with E-state index in [1.54, 1.807) is 11.1 Å². The van der Waals surface area contributed by atoms with Crippen LogP contribution in [-0.2, 0) is 24.3 Å². The van der Waals surface area contributed by atoms with Crippen molar-refractivity contribution in [2.24, 2.45) is 5.73 Å². The Morgan fingerprint density at radius 1 is 1.30 bits per heavy atom. The molecule has 1 aliphatic heterocycles. The Hall–Kier alpha value is -2.14. The monoisotopic (exact) mass is 270 g/mol. The summed E-state index contributed by atoms with van der Waals surface area (Å²) in [6.07, 6.45) is 4.29. The van der Waals surface area contributed by atoms with Gasteiger partial charge in [-0.3, -0.25) is 4.79 Å². The van der Waals surface area contributed by atoms with E-state index >= 15 is 0 Å². The first-order valence-corrected chi connectivity index (χ1v) is 6.82. The topological polar surface area (TPSA) is 64.2 Å². The van der Waals surface area contributed by atoms with E-state index in [0.29, 0.717) is 19.5 Å². The van der Waals surface area contributed by atoms with Gasteiger partial charge >= 0.3 is 0 Å². The van der Waals surface area contributed by atoms with Crippen LogP contribution >= 0.6 is 0 Å². The SMILES string of the molecule is N[C@@H](Cc1ccccc1)C(=O)N1CCn2ccnc2C1. The molecule has 0 aliphatic carbocycles.